The van der Waals surface area contributed by atoms with Crippen LogP contribution in [0.4, 0.5) is 5.69 Å². The second kappa shape index (κ2) is 10.3. The van der Waals surface area contributed by atoms with E-state index in [9.17, 15) is 14.4 Å². The van der Waals surface area contributed by atoms with Gasteiger partial charge in [0.25, 0.3) is 5.91 Å². The number of anilines is 1. The van der Waals surface area contributed by atoms with Crippen molar-refractivity contribution < 1.29 is 14.4 Å². The molecule has 3 amide bonds. The third-order valence-corrected chi connectivity index (χ3v) is 6.19. The largest absolute Gasteiger partial charge is 0.345 e. The highest BCUT2D eigenvalue weighted by molar-refractivity contribution is 5.97. The van der Waals surface area contributed by atoms with Crippen LogP contribution in [0.2, 0.25) is 0 Å². The summed E-state index contributed by atoms with van der Waals surface area (Å²) in [6, 6.07) is 26.1. The zero-order chi connectivity index (χ0) is 24.1. The molecule has 0 radical (unpaired) electrons. The summed E-state index contributed by atoms with van der Waals surface area (Å²) in [4.78, 5) is 42.0. The van der Waals surface area contributed by atoms with Crippen molar-refractivity contribution in [3.63, 3.8) is 0 Å². The predicted octanol–water partition coefficient (Wildman–Crippen LogP) is 4.51. The van der Waals surface area contributed by atoms with E-state index in [1.807, 2.05) is 65.6 Å². The Balaban J connectivity index is 1.59. The zero-order valence-corrected chi connectivity index (χ0v) is 19.5. The van der Waals surface area contributed by atoms with Gasteiger partial charge in [0, 0.05) is 38.3 Å². The molecular weight excluding hydrogens is 426 g/mol. The Morgan fingerprint density at radius 3 is 2.15 bits per heavy atom. The highest BCUT2D eigenvalue weighted by atomic mass is 16.2. The van der Waals surface area contributed by atoms with Crippen molar-refractivity contribution in [1.29, 1.82) is 0 Å². The molecule has 4 rings (SSSR count). The average Bonchev–Trinajstić information content (AvgIpc) is 2.86. The molecule has 1 aliphatic rings. The van der Waals surface area contributed by atoms with E-state index < -0.39 is 5.92 Å². The Labute approximate surface area is 200 Å². The Bertz CT molecular complexity index is 1140. The monoisotopic (exact) mass is 455 g/mol. The molecule has 3 aromatic rings. The fraction of sp³-hybridized carbons (Fsp3) is 0.250. The van der Waals surface area contributed by atoms with Crippen molar-refractivity contribution in [2.24, 2.45) is 5.92 Å². The van der Waals surface area contributed by atoms with Crippen LogP contribution in [0, 0.1) is 5.92 Å². The molecule has 0 bridgehead atoms. The van der Waals surface area contributed by atoms with Gasteiger partial charge in [-0.25, -0.2) is 0 Å². The summed E-state index contributed by atoms with van der Waals surface area (Å²) in [5.41, 5.74) is 3.15. The van der Waals surface area contributed by atoms with Crippen molar-refractivity contribution >= 4 is 23.4 Å². The fourth-order valence-electron chi connectivity index (χ4n) is 4.45. The first-order chi connectivity index (χ1) is 16.4. The van der Waals surface area contributed by atoms with Crippen molar-refractivity contribution in [3.05, 3.63) is 102 Å². The molecule has 3 aromatic carbocycles. The van der Waals surface area contributed by atoms with Crippen LogP contribution in [0.25, 0.3) is 0 Å². The van der Waals surface area contributed by atoms with Gasteiger partial charge in [0.2, 0.25) is 11.8 Å². The van der Waals surface area contributed by atoms with Gasteiger partial charge in [0.15, 0.2) is 0 Å². The third kappa shape index (κ3) is 5.17. The molecule has 0 saturated carbocycles. The van der Waals surface area contributed by atoms with Crippen LogP contribution in [-0.2, 0) is 16.1 Å². The molecule has 0 aromatic heterocycles. The van der Waals surface area contributed by atoms with Gasteiger partial charge in [0.1, 0.15) is 0 Å². The molecule has 1 N–H and O–H groups in total. The van der Waals surface area contributed by atoms with E-state index in [4.69, 9.17) is 0 Å². The number of rotatable bonds is 6. The number of nitrogens with zero attached hydrogens (tertiary/aromatic N) is 2. The average molecular weight is 456 g/mol. The summed E-state index contributed by atoms with van der Waals surface area (Å²) >= 11 is 0. The van der Waals surface area contributed by atoms with Crippen LogP contribution in [0.1, 0.15) is 40.4 Å². The lowest BCUT2D eigenvalue weighted by molar-refractivity contribution is -0.142. The lowest BCUT2D eigenvalue weighted by Gasteiger charge is -2.41. The van der Waals surface area contributed by atoms with Crippen LogP contribution in [0.15, 0.2) is 84.9 Å². The number of carbonyl (C=O) groups is 3. The first kappa shape index (κ1) is 23.2. The van der Waals surface area contributed by atoms with Crippen LogP contribution in [0.3, 0.4) is 0 Å². The predicted molar refractivity (Wildman–Crippen MR) is 132 cm³/mol. The molecule has 0 spiro atoms. The summed E-state index contributed by atoms with van der Waals surface area (Å²) in [7, 11) is 3.40. The topological polar surface area (TPSA) is 69.7 Å². The number of benzene rings is 3. The first-order valence-corrected chi connectivity index (χ1v) is 11.4. The number of hydrogen-bond donors (Lipinski definition) is 1. The molecule has 6 heteroatoms. The maximum Gasteiger partial charge on any atom is 0.253 e. The molecule has 1 aliphatic heterocycles. The molecule has 1 fully saturated rings. The van der Waals surface area contributed by atoms with Gasteiger partial charge in [-0.15, -0.1) is 0 Å². The maximum atomic E-state index is 13.5. The van der Waals surface area contributed by atoms with Crippen molar-refractivity contribution in [2.75, 3.05) is 19.4 Å². The Morgan fingerprint density at radius 1 is 0.912 bits per heavy atom. The van der Waals surface area contributed by atoms with Crippen LogP contribution < -0.4 is 5.32 Å². The maximum absolute atomic E-state index is 13.5. The first-order valence-electron chi connectivity index (χ1n) is 11.4. The Morgan fingerprint density at radius 2 is 1.53 bits per heavy atom. The minimum atomic E-state index is -0.396. The SMILES string of the molecule is CN(C)C(=O)c1ccc(NC(=O)C2CCC(=O)N(Cc3ccccc3)C2c2ccccc2)cc1. The number of piperidine rings is 1. The van der Waals surface area contributed by atoms with E-state index in [0.29, 0.717) is 30.6 Å². The molecule has 6 nitrogen and oxygen atoms in total. The van der Waals surface area contributed by atoms with Gasteiger partial charge in [-0.2, -0.15) is 0 Å². The second-order valence-electron chi connectivity index (χ2n) is 8.77. The highest BCUT2D eigenvalue weighted by Crippen LogP contribution is 2.38. The van der Waals surface area contributed by atoms with Gasteiger partial charge in [-0.1, -0.05) is 60.7 Å². The quantitative estimate of drug-likeness (QED) is 0.595. The van der Waals surface area contributed by atoms with E-state index in [2.05, 4.69) is 5.32 Å². The summed E-state index contributed by atoms with van der Waals surface area (Å²) in [5.74, 6) is -0.573. The lowest BCUT2D eigenvalue weighted by Crippen LogP contribution is -2.46. The molecule has 34 heavy (non-hydrogen) atoms. The Hall–Kier alpha value is -3.93. The fourth-order valence-corrected chi connectivity index (χ4v) is 4.45. The molecular formula is C28H29N3O3. The van der Waals surface area contributed by atoms with E-state index in [0.717, 1.165) is 11.1 Å². The van der Waals surface area contributed by atoms with E-state index in [-0.39, 0.29) is 23.8 Å². The standard InChI is InChI=1S/C28H29N3O3/c1-30(2)28(34)22-13-15-23(16-14-22)29-27(33)24-17-18-25(32)31(19-20-9-5-3-6-10-20)26(24)21-11-7-4-8-12-21/h3-16,24,26H,17-19H2,1-2H3,(H,29,33). The van der Waals surface area contributed by atoms with Gasteiger partial charge in [0.05, 0.1) is 12.0 Å². The van der Waals surface area contributed by atoms with Crippen molar-refractivity contribution in [3.8, 4) is 0 Å². The molecule has 2 unspecified atom stereocenters. The smallest absolute Gasteiger partial charge is 0.253 e. The molecule has 0 aliphatic carbocycles. The number of carbonyl (C=O) groups excluding carboxylic acids is 3. The summed E-state index contributed by atoms with van der Waals surface area (Å²) in [5, 5.41) is 3.00. The van der Waals surface area contributed by atoms with E-state index in [1.54, 1.807) is 38.4 Å². The van der Waals surface area contributed by atoms with Crippen LogP contribution >= 0.6 is 0 Å². The summed E-state index contributed by atoms with van der Waals surface area (Å²) in [6.45, 7) is 0.449. The molecule has 174 valence electrons. The second-order valence-corrected chi connectivity index (χ2v) is 8.77. The minimum Gasteiger partial charge on any atom is -0.345 e. The molecule has 1 saturated heterocycles. The number of likely N-dealkylation sites (tertiary alicyclic amines) is 1. The van der Waals surface area contributed by atoms with Gasteiger partial charge in [-0.3, -0.25) is 14.4 Å². The summed E-state index contributed by atoms with van der Waals surface area (Å²) < 4.78 is 0. The molecule has 1 heterocycles. The Kier molecular flexibility index (Phi) is 7.07. The normalized spacial score (nSPS) is 17.8. The summed E-state index contributed by atoms with van der Waals surface area (Å²) in [6.07, 6.45) is 0.803. The van der Waals surface area contributed by atoms with Crippen molar-refractivity contribution in [1.82, 2.24) is 9.80 Å². The van der Waals surface area contributed by atoms with E-state index >= 15 is 0 Å². The third-order valence-electron chi connectivity index (χ3n) is 6.19. The highest BCUT2D eigenvalue weighted by Gasteiger charge is 2.40. The lowest BCUT2D eigenvalue weighted by atomic mass is 9.83. The van der Waals surface area contributed by atoms with Crippen LogP contribution in [0.5, 0.6) is 0 Å². The number of amides is 3. The van der Waals surface area contributed by atoms with Crippen molar-refractivity contribution in [2.45, 2.75) is 25.4 Å². The van der Waals surface area contributed by atoms with Crippen LogP contribution in [-0.4, -0.2) is 41.6 Å². The van der Waals surface area contributed by atoms with Gasteiger partial charge >= 0.3 is 0 Å². The minimum absolute atomic E-state index is 0.0494. The number of hydrogen-bond acceptors (Lipinski definition) is 3. The van der Waals surface area contributed by atoms with Gasteiger partial charge < -0.3 is 15.1 Å². The van der Waals surface area contributed by atoms with E-state index in [1.165, 1.54) is 4.90 Å². The zero-order valence-electron chi connectivity index (χ0n) is 19.5. The van der Waals surface area contributed by atoms with Gasteiger partial charge in [-0.05, 0) is 41.8 Å². The number of nitrogens with one attached hydrogen (secondary N) is 1. The molecule has 2 atom stereocenters.